The molecule has 1 heterocycles. The van der Waals surface area contributed by atoms with Gasteiger partial charge >= 0.3 is 0 Å². The summed E-state index contributed by atoms with van der Waals surface area (Å²) in [7, 11) is 1.61. The number of ether oxygens (including phenoxy) is 1. The molecule has 0 unspecified atom stereocenters. The molecule has 0 saturated heterocycles. The number of hydrogen-bond donors (Lipinski definition) is 1. The van der Waals surface area contributed by atoms with Crippen molar-refractivity contribution >= 4 is 40.5 Å². The third-order valence-corrected chi connectivity index (χ3v) is 4.12. The number of pyridine rings is 1. The Morgan fingerprint density at radius 3 is 2.42 bits per heavy atom. The molecule has 0 saturated carbocycles. The van der Waals surface area contributed by atoms with E-state index in [1.165, 1.54) is 28.8 Å². The van der Waals surface area contributed by atoms with Gasteiger partial charge < -0.3 is 15.0 Å². The van der Waals surface area contributed by atoms with Crippen molar-refractivity contribution in [3.63, 3.8) is 0 Å². The van der Waals surface area contributed by atoms with E-state index in [1.54, 1.807) is 25.2 Å². The van der Waals surface area contributed by atoms with Crippen LogP contribution in [0.3, 0.4) is 0 Å². The monoisotopic (exact) mass is 395 g/mol. The highest BCUT2D eigenvalue weighted by Gasteiger charge is 2.17. The highest BCUT2D eigenvalue weighted by molar-refractivity contribution is 6.31. The van der Waals surface area contributed by atoms with Gasteiger partial charge in [-0.05, 0) is 30.3 Å². The summed E-state index contributed by atoms with van der Waals surface area (Å²) in [5.74, 6) is 0.788. The Morgan fingerprint density at radius 2 is 1.85 bits per heavy atom. The summed E-state index contributed by atoms with van der Waals surface area (Å²) < 4.78 is 7.35. The second-order valence-electron chi connectivity index (χ2n) is 5.39. The zero-order valence-corrected chi connectivity index (χ0v) is 15.2. The van der Waals surface area contributed by atoms with Crippen LogP contribution in [0.2, 0.25) is 5.02 Å². The Labute approximate surface area is 159 Å². The maximum Gasteiger partial charge on any atom is 0.269 e. The van der Waals surface area contributed by atoms with E-state index in [4.69, 9.17) is 22.1 Å². The molecule has 3 rings (SSSR count). The first-order valence-electron chi connectivity index (χ1n) is 7.36. The van der Waals surface area contributed by atoms with Crippen molar-refractivity contribution in [3.05, 3.63) is 73.6 Å². The van der Waals surface area contributed by atoms with Crippen LogP contribution in [0, 0.1) is 10.1 Å². The molecule has 0 radical (unpaired) electrons. The first-order chi connectivity index (χ1) is 11.9. The molecule has 9 heteroatoms. The summed E-state index contributed by atoms with van der Waals surface area (Å²) >= 11 is 6.07. The van der Waals surface area contributed by atoms with Crippen LogP contribution >= 0.6 is 24.0 Å². The van der Waals surface area contributed by atoms with Crippen LogP contribution in [0.25, 0.3) is 10.8 Å². The van der Waals surface area contributed by atoms with E-state index in [-0.39, 0.29) is 30.2 Å². The SMILES string of the molecule is Cl.Cn1c(CN)c(Oc2ccc([N+](=O)[O-])cc2)c2cc(Cl)ccc2c1=O. The predicted octanol–water partition coefficient (Wildman–Crippen LogP) is 3.77. The maximum absolute atomic E-state index is 12.5. The van der Waals surface area contributed by atoms with E-state index in [1.807, 2.05) is 0 Å². The van der Waals surface area contributed by atoms with Crippen LogP contribution in [0.1, 0.15) is 5.69 Å². The van der Waals surface area contributed by atoms with E-state index >= 15 is 0 Å². The van der Waals surface area contributed by atoms with Crippen molar-refractivity contribution in [1.29, 1.82) is 0 Å². The Bertz CT molecular complexity index is 1030. The van der Waals surface area contributed by atoms with Crippen LogP contribution in [0.4, 0.5) is 5.69 Å². The molecule has 3 aromatic rings. The van der Waals surface area contributed by atoms with E-state index in [2.05, 4.69) is 0 Å². The van der Waals surface area contributed by atoms with E-state index in [0.29, 0.717) is 33.0 Å². The third-order valence-electron chi connectivity index (χ3n) is 3.89. The standard InChI is InChI=1S/C17H14ClN3O4.ClH/c1-20-15(9-19)16(14-8-10(18)2-7-13(14)17(20)22)25-12-5-3-11(4-6-12)21(23)24;/h2-8H,9,19H2,1H3;1H. The molecule has 2 N–H and O–H groups in total. The first-order valence-corrected chi connectivity index (χ1v) is 7.73. The van der Waals surface area contributed by atoms with Gasteiger partial charge in [-0.15, -0.1) is 12.4 Å². The number of hydrogen-bond acceptors (Lipinski definition) is 5. The normalized spacial score (nSPS) is 10.4. The Morgan fingerprint density at radius 1 is 1.19 bits per heavy atom. The van der Waals surface area contributed by atoms with Crippen molar-refractivity contribution in [3.8, 4) is 11.5 Å². The molecule has 1 aromatic heterocycles. The smallest absolute Gasteiger partial charge is 0.269 e. The van der Waals surface area contributed by atoms with Gasteiger partial charge in [0.25, 0.3) is 11.2 Å². The van der Waals surface area contributed by atoms with Crippen molar-refractivity contribution in [2.24, 2.45) is 12.8 Å². The van der Waals surface area contributed by atoms with Gasteiger partial charge in [0.15, 0.2) is 5.75 Å². The zero-order chi connectivity index (χ0) is 18.1. The van der Waals surface area contributed by atoms with Gasteiger partial charge in [-0.3, -0.25) is 14.9 Å². The van der Waals surface area contributed by atoms with Crippen LogP contribution in [-0.2, 0) is 13.6 Å². The van der Waals surface area contributed by atoms with Crippen LogP contribution in [0.5, 0.6) is 11.5 Å². The number of halogens is 2. The minimum Gasteiger partial charge on any atom is -0.455 e. The quantitative estimate of drug-likeness (QED) is 0.535. The summed E-state index contributed by atoms with van der Waals surface area (Å²) in [6.45, 7) is 0.0799. The average molecular weight is 396 g/mol. The van der Waals surface area contributed by atoms with E-state index in [0.717, 1.165) is 0 Å². The molecular formula is C17H15Cl2N3O4. The number of nitrogens with two attached hydrogens (primary N) is 1. The fourth-order valence-electron chi connectivity index (χ4n) is 2.60. The first kappa shape index (κ1) is 19.7. The van der Waals surface area contributed by atoms with Crippen molar-refractivity contribution in [2.75, 3.05) is 0 Å². The molecule has 0 fully saturated rings. The summed E-state index contributed by atoms with van der Waals surface area (Å²) in [6.07, 6.45) is 0. The highest BCUT2D eigenvalue weighted by Crippen LogP contribution is 2.33. The van der Waals surface area contributed by atoms with Gasteiger partial charge in [0, 0.05) is 36.1 Å². The molecule has 0 aliphatic rings. The van der Waals surface area contributed by atoms with Gasteiger partial charge in [-0.25, -0.2) is 0 Å². The number of nitro groups is 1. The fourth-order valence-corrected chi connectivity index (χ4v) is 2.77. The Kier molecular flexibility index (Phi) is 5.86. The summed E-state index contributed by atoms with van der Waals surface area (Å²) in [5, 5.41) is 12.2. The largest absolute Gasteiger partial charge is 0.455 e. The van der Waals surface area contributed by atoms with Crippen molar-refractivity contribution in [2.45, 2.75) is 6.54 Å². The van der Waals surface area contributed by atoms with E-state index in [9.17, 15) is 14.9 Å². The van der Waals surface area contributed by atoms with Crippen LogP contribution in [0.15, 0.2) is 47.3 Å². The van der Waals surface area contributed by atoms with Gasteiger partial charge in [0.1, 0.15) is 5.75 Å². The molecule has 0 atom stereocenters. The molecule has 7 nitrogen and oxygen atoms in total. The number of non-ortho nitro benzene ring substituents is 1. The molecule has 26 heavy (non-hydrogen) atoms. The highest BCUT2D eigenvalue weighted by atomic mass is 35.5. The fraction of sp³-hybridized carbons (Fsp3) is 0.118. The molecule has 0 aliphatic heterocycles. The minimum atomic E-state index is -0.490. The van der Waals surface area contributed by atoms with E-state index < -0.39 is 4.92 Å². The molecule has 0 bridgehead atoms. The molecule has 0 spiro atoms. The number of nitrogens with zero attached hydrogens (tertiary/aromatic N) is 2. The topological polar surface area (TPSA) is 100 Å². The minimum absolute atomic E-state index is 0. The average Bonchev–Trinajstić information content (AvgIpc) is 2.60. The summed E-state index contributed by atoms with van der Waals surface area (Å²) in [4.78, 5) is 22.7. The molecule has 136 valence electrons. The van der Waals surface area contributed by atoms with Gasteiger partial charge in [-0.2, -0.15) is 0 Å². The Balaban J connectivity index is 0.00000243. The number of rotatable bonds is 4. The van der Waals surface area contributed by atoms with Gasteiger partial charge in [-0.1, -0.05) is 11.6 Å². The van der Waals surface area contributed by atoms with Crippen molar-refractivity contribution < 1.29 is 9.66 Å². The number of nitro benzene ring substituents is 1. The van der Waals surface area contributed by atoms with Gasteiger partial charge in [0.05, 0.1) is 16.0 Å². The number of benzene rings is 2. The molecule has 0 aliphatic carbocycles. The summed E-state index contributed by atoms with van der Waals surface area (Å²) in [6, 6.07) is 10.5. The molecular weight excluding hydrogens is 381 g/mol. The van der Waals surface area contributed by atoms with Gasteiger partial charge in [0.2, 0.25) is 0 Å². The van der Waals surface area contributed by atoms with Crippen molar-refractivity contribution in [1.82, 2.24) is 4.57 Å². The Hall–Kier alpha value is -2.61. The van der Waals surface area contributed by atoms with Crippen LogP contribution < -0.4 is 16.0 Å². The lowest BCUT2D eigenvalue weighted by molar-refractivity contribution is -0.384. The third kappa shape index (κ3) is 3.50. The second-order valence-corrected chi connectivity index (χ2v) is 5.82. The van der Waals surface area contributed by atoms with Crippen LogP contribution in [-0.4, -0.2) is 9.49 Å². The molecule has 2 aromatic carbocycles. The lowest BCUT2D eigenvalue weighted by Crippen LogP contribution is -2.23. The summed E-state index contributed by atoms with van der Waals surface area (Å²) in [5.41, 5.74) is 6.06. The molecule has 0 amide bonds. The maximum atomic E-state index is 12.5. The second kappa shape index (κ2) is 7.74. The number of aromatic nitrogens is 1. The predicted molar refractivity (Wildman–Crippen MR) is 103 cm³/mol. The zero-order valence-electron chi connectivity index (χ0n) is 13.6. The lowest BCUT2D eigenvalue weighted by atomic mass is 10.1. The lowest BCUT2D eigenvalue weighted by Gasteiger charge is -2.16. The number of fused-ring (bicyclic) bond motifs is 1.